The second kappa shape index (κ2) is 9.66. The lowest BCUT2D eigenvalue weighted by atomic mass is 9.84. The van der Waals surface area contributed by atoms with E-state index >= 15 is 0 Å². The number of fused-ring (bicyclic) bond motifs is 2. The number of amides is 3. The molecule has 4 aromatic rings. The van der Waals surface area contributed by atoms with Gasteiger partial charge in [0, 0.05) is 28.9 Å². The summed E-state index contributed by atoms with van der Waals surface area (Å²) in [5, 5.41) is 2.38. The van der Waals surface area contributed by atoms with Gasteiger partial charge in [0.05, 0.1) is 16.6 Å². The predicted molar refractivity (Wildman–Crippen MR) is 142 cm³/mol. The summed E-state index contributed by atoms with van der Waals surface area (Å²) in [6, 6.07) is 17.6. The molecule has 190 valence electrons. The number of pyridine rings is 1. The van der Waals surface area contributed by atoms with Crippen LogP contribution in [0.4, 0.5) is 15.8 Å². The lowest BCUT2D eigenvalue weighted by molar-refractivity contribution is -0.122. The number of nitrogens with one attached hydrogen (secondary N) is 1. The Hall–Kier alpha value is -4.09. The van der Waals surface area contributed by atoms with Crippen molar-refractivity contribution >= 4 is 52.2 Å². The van der Waals surface area contributed by atoms with Crippen LogP contribution in [0.1, 0.15) is 16.4 Å². The van der Waals surface area contributed by atoms with Gasteiger partial charge in [-0.2, -0.15) is 0 Å². The minimum atomic E-state index is -0.777. The van der Waals surface area contributed by atoms with Crippen molar-refractivity contribution in [3.05, 3.63) is 105 Å². The third kappa shape index (κ3) is 4.13. The van der Waals surface area contributed by atoms with Crippen LogP contribution in [0.15, 0.2) is 88.9 Å². The number of thioether (sulfide) groups is 1. The first-order valence-electron chi connectivity index (χ1n) is 11.7. The van der Waals surface area contributed by atoms with E-state index in [0.717, 1.165) is 23.1 Å². The Morgan fingerprint density at radius 3 is 2.45 bits per heavy atom. The van der Waals surface area contributed by atoms with E-state index in [0.29, 0.717) is 26.8 Å². The zero-order valence-corrected chi connectivity index (χ0v) is 21.2. The Bertz CT molecular complexity index is 1610. The fourth-order valence-electron chi connectivity index (χ4n) is 4.88. The van der Waals surface area contributed by atoms with Crippen LogP contribution < -0.4 is 15.1 Å². The highest BCUT2D eigenvalue weighted by Crippen LogP contribution is 2.53. The van der Waals surface area contributed by atoms with E-state index in [1.807, 2.05) is 12.1 Å². The summed E-state index contributed by atoms with van der Waals surface area (Å²) in [4.78, 5) is 59.0. The van der Waals surface area contributed by atoms with Gasteiger partial charge in [-0.25, -0.2) is 9.29 Å². The third-order valence-corrected chi connectivity index (χ3v) is 9.14. The number of nitrogens with zero attached hydrogens (tertiary/aromatic N) is 3. The number of hydrogen-bond donors (Lipinski definition) is 1. The van der Waals surface area contributed by atoms with Gasteiger partial charge < -0.3 is 5.32 Å². The molecule has 3 atom stereocenters. The minimum Gasteiger partial charge on any atom is -0.325 e. The summed E-state index contributed by atoms with van der Waals surface area (Å²) in [5.41, 5.74) is 1.59. The zero-order valence-electron chi connectivity index (χ0n) is 19.6. The van der Waals surface area contributed by atoms with E-state index in [9.17, 15) is 23.6 Å². The summed E-state index contributed by atoms with van der Waals surface area (Å²) >= 11 is 2.11. The summed E-state index contributed by atoms with van der Waals surface area (Å²) < 4.78 is 14.6. The number of hydrogen-bond acceptors (Lipinski definition) is 7. The van der Waals surface area contributed by atoms with Crippen molar-refractivity contribution < 1.29 is 18.8 Å². The van der Waals surface area contributed by atoms with Crippen LogP contribution in [-0.2, 0) is 20.9 Å². The maximum absolute atomic E-state index is 13.7. The molecule has 0 spiro atoms. The quantitative estimate of drug-likeness (QED) is 0.382. The second-order valence-corrected chi connectivity index (χ2v) is 11.0. The van der Waals surface area contributed by atoms with E-state index < -0.39 is 28.8 Å². The van der Waals surface area contributed by atoms with Crippen molar-refractivity contribution in [2.45, 2.75) is 22.7 Å². The molecule has 1 fully saturated rings. The van der Waals surface area contributed by atoms with Crippen molar-refractivity contribution in [3.63, 3.8) is 0 Å². The molecule has 3 amide bonds. The van der Waals surface area contributed by atoms with Crippen molar-refractivity contribution in [1.29, 1.82) is 0 Å². The van der Waals surface area contributed by atoms with Crippen molar-refractivity contribution in [3.8, 4) is 0 Å². The maximum Gasteiger partial charge on any atom is 0.308 e. The topological polar surface area (TPSA) is 101 Å². The van der Waals surface area contributed by atoms with Gasteiger partial charge in [0.15, 0.2) is 0 Å². The molecule has 11 heteroatoms. The highest BCUT2D eigenvalue weighted by molar-refractivity contribution is 8.00. The van der Waals surface area contributed by atoms with Gasteiger partial charge in [0.1, 0.15) is 17.6 Å². The lowest BCUT2D eigenvalue weighted by Gasteiger charge is -2.30. The largest absolute Gasteiger partial charge is 0.325 e. The van der Waals surface area contributed by atoms with E-state index in [-0.39, 0.29) is 23.2 Å². The van der Waals surface area contributed by atoms with Crippen molar-refractivity contribution in [2.24, 2.45) is 5.92 Å². The standard InChI is InChI=1S/C27H19FN4O4S2/c28-16-8-10-17(11-9-16)30-19(33)14-31-26-23(38-27(31)36)20(15-5-4-12-29-13-15)21-22(37-26)25(35)32(24(21)34)18-6-2-1-3-7-18/h1-13,20-22H,14H2,(H,30,33)/t20-,21?,22?/m1/s1. The number of imide groups is 1. The molecule has 2 aliphatic heterocycles. The molecule has 0 bridgehead atoms. The Kier molecular flexibility index (Phi) is 6.16. The average molecular weight is 547 g/mol. The Morgan fingerprint density at radius 2 is 1.74 bits per heavy atom. The Morgan fingerprint density at radius 1 is 0.974 bits per heavy atom. The average Bonchev–Trinajstić information content (AvgIpc) is 3.37. The molecule has 1 saturated heterocycles. The molecular weight excluding hydrogens is 527 g/mol. The van der Waals surface area contributed by atoms with Crippen molar-refractivity contribution in [1.82, 2.24) is 9.55 Å². The molecule has 0 radical (unpaired) electrons. The van der Waals surface area contributed by atoms with Crippen LogP contribution in [-0.4, -0.2) is 32.5 Å². The molecule has 6 rings (SSSR count). The van der Waals surface area contributed by atoms with Crippen LogP contribution >= 0.6 is 23.1 Å². The monoisotopic (exact) mass is 546 g/mol. The molecular formula is C27H19FN4O4S2. The fraction of sp³-hybridized carbons (Fsp3) is 0.148. The van der Waals surface area contributed by atoms with Crippen LogP contribution in [0.5, 0.6) is 0 Å². The summed E-state index contributed by atoms with van der Waals surface area (Å²) in [5.74, 6) is -2.91. The predicted octanol–water partition coefficient (Wildman–Crippen LogP) is 3.88. The molecule has 2 aromatic heterocycles. The van der Waals surface area contributed by atoms with Crippen LogP contribution in [0.3, 0.4) is 0 Å². The van der Waals surface area contributed by atoms with Gasteiger partial charge >= 0.3 is 4.87 Å². The summed E-state index contributed by atoms with van der Waals surface area (Å²) in [7, 11) is 0. The van der Waals surface area contributed by atoms with E-state index in [1.54, 1.807) is 42.7 Å². The first kappa shape index (κ1) is 24.3. The number of benzene rings is 2. The Balaban J connectivity index is 1.40. The van der Waals surface area contributed by atoms with Gasteiger partial charge in [-0.15, -0.1) is 0 Å². The lowest BCUT2D eigenvalue weighted by Crippen LogP contribution is -2.33. The van der Waals surface area contributed by atoms with Crippen molar-refractivity contribution in [2.75, 3.05) is 10.2 Å². The fourth-order valence-corrected chi connectivity index (χ4v) is 7.66. The number of rotatable bonds is 5. The highest BCUT2D eigenvalue weighted by Gasteiger charge is 2.56. The number of carbonyl (C=O) groups is 3. The normalized spacial score (nSPS) is 20.2. The minimum absolute atomic E-state index is 0.295. The number of carbonyl (C=O) groups excluding carboxylic acids is 3. The number of halogens is 1. The Labute approximate surface area is 224 Å². The smallest absolute Gasteiger partial charge is 0.308 e. The SMILES string of the molecule is O=C(Cn1c2c(sc1=O)[C@H](c1cccnc1)C1C(=O)N(c3ccccc3)C(=O)C1S2)Nc1ccc(F)cc1. The van der Waals surface area contributed by atoms with Crippen LogP contribution in [0.25, 0.3) is 0 Å². The molecule has 38 heavy (non-hydrogen) atoms. The summed E-state index contributed by atoms with van der Waals surface area (Å²) in [6.45, 7) is -0.295. The zero-order chi connectivity index (χ0) is 26.4. The van der Waals surface area contributed by atoms with E-state index in [1.165, 1.54) is 33.7 Å². The molecule has 8 nitrogen and oxygen atoms in total. The highest BCUT2D eigenvalue weighted by atomic mass is 32.2. The molecule has 2 unspecified atom stereocenters. The van der Waals surface area contributed by atoms with Gasteiger partial charge in [-0.3, -0.25) is 28.7 Å². The first-order valence-corrected chi connectivity index (χ1v) is 13.4. The van der Waals surface area contributed by atoms with Gasteiger partial charge in [0.25, 0.3) is 0 Å². The summed E-state index contributed by atoms with van der Waals surface area (Å²) in [6.07, 6.45) is 3.25. The first-order chi connectivity index (χ1) is 18.4. The molecule has 1 N–H and O–H groups in total. The number of para-hydroxylation sites is 1. The molecule has 0 aliphatic carbocycles. The molecule has 2 aromatic carbocycles. The van der Waals surface area contributed by atoms with Gasteiger partial charge in [-0.1, -0.05) is 47.4 Å². The molecule has 2 aliphatic rings. The molecule has 4 heterocycles. The number of anilines is 2. The van der Waals surface area contributed by atoms with Crippen LogP contribution in [0, 0.1) is 11.7 Å². The van der Waals surface area contributed by atoms with E-state index in [2.05, 4.69) is 10.3 Å². The maximum atomic E-state index is 13.7. The van der Waals surface area contributed by atoms with Crippen LogP contribution in [0.2, 0.25) is 0 Å². The van der Waals surface area contributed by atoms with Gasteiger partial charge in [-0.05, 0) is 48.0 Å². The number of aromatic nitrogens is 2. The molecule has 0 saturated carbocycles. The van der Waals surface area contributed by atoms with Gasteiger partial charge in [0.2, 0.25) is 17.7 Å². The van der Waals surface area contributed by atoms with E-state index in [4.69, 9.17) is 0 Å². The number of thiazole rings is 1. The third-order valence-electron chi connectivity index (χ3n) is 6.54. The second-order valence-electron chi connectivity index (χ2n) is 8.85.